The van der Waals surface area contributed by atoms with Crippen LogP contribution in [0.4, 0.5) is 11.5 Å². The van der Waals surface area contributed by atoms with Crippen LogP contribution >= 0.6 is 23.2 Å². The first-order chi connectivity index (χ1) is 13.7. The van der Waals surface area contributed by atoms with Crippen LogP contribution in [-0.2, 0) is 0 Å². The van der Waals surface area contributed by atoms with E-state index in [-0.39, 0.29) is 0 Å². The van der Waals surface area contributed by atoms with Gasteiger partial charge in [0.25, 0.3) is 0 Å². The molecule has 0 unspecified atom stereocenters. The van der Waals surface area contributed by atoms with Crippen LogP contribution in [0.1, 0.15) is 0 Å². The molecular weight excluding hydrogens is 399 g/mol. The molecule has 8 heteroatoms. The standard InChI is InChI=1S/C20H14Cl2N4O2/c21-13-10-23-11-14(22)18(13)19-20(26-6-2-1-3-17(26)25-19)24-12-4-5-15-16(9-12)28-8-7-27-15/h1-6,9-11,24H,7-8H2. The Hall–Kier alpha value is -2.96. The molecule has 0 amide bonds. The molecule has 1 N–H and O–H groups in total. The molecule has 0 fully saturated rings. The van der Waals surface area contributed by atoms with Crippen molar-refractivity contribution >= 4 is 40.4 Å². The summed E-state index contributed by atoms with van der Waals surface area (Å²) in [5.74, 6) is 2.17. The minimum Gasteiger partial charge on any atom is -0.486 e. The first-order valence-corrected chi connectivity index (χ1v) is 9.39. The van der Waals surface area contributed by atoms with E-state index >= 15 is 0 Å². The van der Waals surface area contributed by atoms with Crippen molar-refractivity contribution in [1.82, 2.24) is 14.4 Å². The number of rotatable bonds is 3. The molecule has 0 atom stereocenters. The first kappa shape index (κ1) is 17.2. The molecule has 0 saturated carbocycles. The molecule has 4 heterocycles. The number of fused-ring (bicyclic) bond motifs is 2. The van der Waals surface area contributed by atoms with E-state index in [4.69, 9.17) is 37.7 Å². The van der Waals surface area contributed by atoms with E-state index in [2.05, 4.69) is 10.3 Å². The number of nitrogens with zero attached hydrogens (tertiary/aromatic N) is 3. The van der Waals surface area contributed by atoms with Crippen LogP contribution in [0.3, 0.4) is 0 Å². The normalized spacial score (nSPS) is 12.9. The van der Waals surface area contributed by atoms with Crippen molar-refractivity contribution in [1.29, 1.82) is 0 Å². The zero-order chi connectivity index (χ0) is 19.1. The minimum absolute atomic E-state index is 0.432. The van der Waals surface area contributed by atoms with Gasteiger partial charge < -0.3 is 14.8 Å². The lowest BCUT2D eigenvalue weighted by Gasteiger charge is -2.19. The van der Waals surface area contributed by atoms with E-state index in [9.17, 15) is 0 Å². The minimum atomic E-state index is 0.432. The number of nitrogens with one attached hydrogen (secondary N) is 1. The number of aromatic nitrogens is 3. The van der Waals surface area contributed by atoms with Gasteiger partial charge in [-0.2, -0.15) is 0 Å². The van der Waals surface area contributed by atoms with Gasteiger partial charge in [0.2, 0.25) is 0 Å². The van der Waals surface area contributed by atoms with Crippen molar-refractivity contribution in [3.05, 3.63) is 65.0 Å². The third kappa shape index (κ3) is 2.91. The molecule has 0 bridgehead atoms. The highest BCUT2D eigenvalue weighted by Gasteiger charge is 2.20. The van der Waals surface area contributed by atoms with Gasteiger partial charge in [-0.1, -0.05) is 29.3 Å². The van der Waals surface area contributed by atoms with Crippen molar-refractivity contribution in [2.45, 2.75) is 0 Å². The monoisotopic (exact) mass is 412 g/mol. The number of hydrogen-bond acceptors (Lipinski definition) is 5. The number of pyridine rings is 2. The van der Waals surface area contributed by atoms with E-state index in [0.717, 1.165) is 22.9 Å². The third-order valence-corrected chi connectivity index (χ3v) is 5.00. The Morgan fingerprint density at radius 3 is 2.57 bits per heavy atom. The second-order valence-corrected chi connectivity index (χ2v) is 7.01. The van der Waals surface area contributed by atoms with Gasteiger partial charge in [0.05, 0.1) is 10.0 Å². The smallest absolute Gasteiger partial charge is 0.163 e. The summed E-state index contributed by atoms with van der Waals surface area (Å²) in [6.45, 7) is 1.08. The molecule has 6 nitrogen and oxygen atoms in total. The number of halogens is 2. The SMILES string of the molecule is Clc1cncc(Cl)c1-c1nc2ccccn2c1Nc1ccc2c(c1)OCCO2. The van der Waals surface area contributed by atoms with Gasteiger partial charge in [-0.05, 0) is 24.3 Å². The number of ether oxygens (including phenoxy) is 2. The summed E-state index contributed by atoms with van der Waals surface area (Å²) in [4.78, 5) is 8.77. The maximum Gasteiger partial charge on any atom is 0.163 e. The van der Waals surface area contributed by atoms with Crippen LogP contribution in [-0.4, -0.2) is 27.6 Å². The molecule has 4 aromatic rings. The molecule has 1 aliphatic heterocycles. The van der Waals surface area contributed by atoms with Gasteiger partial charge in [-0.25, -0.2) is 4.98 Å². The third-order valence-electron chi connectivity index (χ3n) is 4.43. The van der Waals surface area contributed by atoms with Gasteiger partial charge in [0.1, 0.15) is 30.4 Å². The van der Waals surface area contributed by atoms with Crippen LogP contribution in [0.25, 0.3) is 16.9 Å². The molecule has 28 heavy (non-hydrogen) atoms. The Bertz CT molecular complexity index is 1170. The molecule has 3 aromatic heterocycles. The molecule has 1 aromatic carbocycles. The zero-order valence-corrected chi connectivity index (χ0v) is 16.0. The highest BCUT2D eigenvalue weighted by atomic mass is 35.5. The first-order valence-electron chi connectivity index (χ1n) is 8.64. The van der Waals surface area contributed by atoms with Crippen molar-refractivity contribution in [2.24, 2.45) is 0 Å². The molecule has 140 valence electrons. The van der Waals surface area contributed by atoms with E-state index in [1.807, 2.05) is 47.0 Å². The predicted molar refractivity (Wildman–Crippen MR) is 109 cm³/mol. The fourth-order valence-corrected chi connectivity index (χ4v) is 3.73. The fourth-order valence-electron chi connectivity index (χ4n) is 3.18. The number of anilines is 2. The summed E-state index contributed by atoms with van der Waals surface area (Å²) in [6.07, 6.45) is 5.04. The molecule has 5 rings (SSSR count). The highest BCUT2D eigenvalue weighted by molar-refractivity contribution is 6.39. The number of imidazole rings is 1. The van der Waals surface area contributed by atoms with Crippen molar-refractivity contribution in [3.63, 3.8) is 0 Å². The van der Waals surface area contributed by atoms with Gasteiger partial charge in [-0.3, -0.25) is 9.38 Å². The average Bonchev–Trinajstić information content (AvgIpc) is 3.06. The van der Waals surface area contributed by atoms with Gasteiger partial charge in [0.15, 0.2) is 11.5 Å². The highest BCUT2D eigenvalue weighted by Crippen LogP contribution is 2.40. The van der Waals surface area contributed by atoms with Gasteiger partial charge in [-0.15, -0.1) is 0 Å². The second kappa shape index (κ2) is 6.89. The number of benzene rings is 1. The maximum atomic E-state index is 6.40. The van der Waals surface area contributed by atoms with E-state index in [1.165, 1.54) is 0 Å². The Labute approximate surface area is 170 Å². The second-order valence-electron chi connectivity index (χ2n) is 6.20. The van der Waals surface area contributed by atoms with E-state index < -0.39 is 0 Å². The Morgan fingerprint density at radius 2 is 1.75 bits per heavy atom. The molecule has 0 radical (unpaired) electrons. The van der Waals surface area contributed by atoms with Crippen molar-refractivity contribution in [2.75, 3.05) is 18.5 Å². The predicted octanol–water partition coefficient (Wildman–Crippen LogP) is 5.22. The summed E-state index contributed by atoms with van der Waals surface area (Å²) in [5.41, 5.74) is 2.86. The Kier molecular flexibility index (Phi) is 4.22. The van der Waals surface area contributed by atoms with Crippen LogP contribution in [0.15, 0.2) is 55.0 Å². The van der Waals surface area contributed by atoms with Crippen molar-refractivity contribution < 1.29 is 9.47 Å². The number of hydrogen-bond donors (Lipinski definition) is 1. The summed E-state index contributed by atoms with van der Waals surface area (Å²) >= 11 is 12.8. The van der Waals surface area contributed by atoms with Crippen LogP contribution in [0, 0.1) is 0 Å². The van der Waals surface area contributed by atoms with Gasteiger partial charge in [0, 0.05) is 35.9 Å². The molecule has 0 aliphatic carbocycles. The average molecular weight is 413 g/mol. The fraction of sp³-hybridized carbons (Fsp3) is 0.100. The van der Waals surface area contributed by atoms with Crippen LogP contribution < -0.4 is 14.8 Å². The largest absolute Gasteiger partial charge is 0.486 e. The molecule has 0 spiro atoms. The quantitative estimate of drug-likeness (QED) is 0.499. The molecule has 0 saturated heterocycles. The van der Waals surface area contributed by atoms with E-state index in [1.54, 1.807) is 12.4 Å². The van der Waals surface area contributed by atoms with Crippen LogP contribution in [0.5, 0.6) is 11.5 Å². The lowest BCUT2D eigenvalue weighted by molar-refractivity contribution is 0.171. The summed E-state index contributed by atoms with van der Waals surface area (Å²) in [7, 11) is 0. The Balaban J connectivity index is 1.66. The van der Waals surface area contributed by atoms with Crippen LogP contribution in [0.2, 0.25) is 10.0 Å². The van der Waals surface area contributed by atoms with E-state index in [0.29, 0.717) is 40.3 Å². The zero-order valence-electron chi connectivity index (χ0n) is 14.5. The molecule has 1 aliphatic rings. The topological polar surface area (TPSA) is 60.7 Å². The molecular formula is C20H14Cl2N4O2. The van der Waals surface area contributed by atoms with Crippen molar-refractivity contribution in [3.8, 4) is 22.8 Å². The van der Waals surface area contributed by atoms with Gasteiger partial charge >= 0.3 is 0 Å². The lowest BCUT2D eigenvalue weighted by Crippen LogP contribution is -2.15. The lowest BCUT2D eigenvalue weighted by atomic mass is 10.2. The summed E-state index contributed by atoms with van der Waals surface area (Å²) in [5, 5.41) is 4.29. The summed E-state index contributed by atoms with van der Waals surface area (Å²) in [6, 6.07) is 11.5. The maximum absolute atomic E-state index is 6.40. The Morgan fingerprint density at radius 1 is 0.964 bits per heavy atom. The summed E-state index contributed by atoms with van der Waals surface area (Å²) < 4.78 is 13.2.